The van der Waals surface area contributed by atoms with E-state index < -0.39 is 0 Å². The van der Waals surface area contributed by atoms with Crippen molar-refractivity contribution in [3.05, 3.63) is 52.6 Å². The number of hydrogen-bond donors (Lipinski definition) is 0. The quantitative estimate of drug-likeness (QED) is 0.688. The van der Waals surface area contributed by atoms with E-state index in [1.54, 1.807) is 12.1 Å². The van der Waals surface area contributed by atoms with Gasteiger partial charge < -0.3 is 24.0 Å². The molecule has 7 heteroatoms. The number of likely N-dealkylation sites (N-methyl/N-ethyl adjacent to an activating group) is 1. The topological polar surface area (TPSA) is 40.9 Å². The van der Waals surface area contributed by atoms with Crippen LogP contribution in [-0.4, -0.2) is 78.3 Å². The molecule has 180 valence electrons. The van der Waals surface area contributed by atoms with E-state index in [4.69, 9.17) is 4.74 Å². The third kappa shape index (κ3) is 4.80. The number of hydrogen-bond acceptors (Lipinski definition) is 4. The molecule has 0 bridgehead atoms. The molecule has 0 saturated carbocycles. The summed E-state index contributed by atoms with van der Waals surface area (Å²) >= 11 is 0. The number of nitrogens with zero attached hydrogens (tertiary/aromatic N) is 4. The minimum Gasteiger partial charge on any atom is -0.372 e. The molecule has 1 aromatic heterocycles. The first-order chi connectivity index (χ1) is 15.8. The highest BCUT2D eigenvalue weighted by Gasteiger charge is 2.33. The lowest BCUT2D eigenvalue weighted by atomic mass is 10.1. The first kappa shape index (κ1) is 23.8. The molecule has 0 spiro atoms. The predicted molar refractivity (Wildman–Crippen MR) is 130 cm³/mol. The Morgan fingerprint density at radius 2 is 1.70 bits per heavy atom. The summed E-state index contributed by atoms with van der Waals surface area (Å²) < 4.78 is 22.5. The van der Waals surface area contributed by atoms with Gasteiger partial charge in [0.2, 0.25) is 0 Å². The zero-order valence-corrected chi connectivity index (χ0v) is 20.6. The van der Waals surface area contributed by atoms with Crippen LogP contribution in [0.25, 0.3) is 0 Å². The zero-order chi connectivity index (χ0) is 23.7. The Balaban J connectivity index is 1.74. The summed E-state index contributed by atoms with van der Waals surface area (Å²) in [5, 5.41) is 0. The van der Waals surface area contributed by atoms with Crippen LogP contribution in [-0.2, 0) is 11.3 Å². The van der Waals surface area contributed by atoms with E-state index in [1.807, 2.05) is 36.3 Å². The molecule has 1 aromatic carbocycles. The molecule has 2 aliphatic rings. The zero-order valence-electron chi connectivity index (χ0n) is 20.6. The van der Waals surface area contributed by atoms with Gasteiger partial charge in [-0.05, 0) is 40.3 Å². The number of morpholine rings is 1. The number of piperazine rings is 1. The summed E-state index contributed by atoms with van der Waals surface area (Å²) in [4.78, 5) is 20.6. The van der Waals surface area contributed by atoms with Gasteiger partial charge in [0.15, 0.2) is 0 Å². The van der Waals surface area contributed by atoms with Crippen molar-refractivity contribution in [3.8, 4) is 0 Å². The van der Waals surface area contributed by atoms with Gasteiger partial charge in [0, 0.05) is 56.1 Å². The lowest BCUT2D eigenvalue weighted by molar-refractivity contribution is -0.0588. The molecule has 2 saturated heterocycles. The number of anilines is 1. The van der Waals surface area contributed by atoms with Crippen molar-refractivity contribution in [3.63, 3.8) is 0 Å². The molecule has 0 aliphatic carbocycles. The van der Waals surface area contributed by atoms with E-state index in [-0.39, 0.29) is 23.9 Å². The number of aromatic nitrogens is 1. The molecule has 33 heavy (non-hydrogen) atoms. The molecule has 1 amide bonds. The van der Waals surface area contributed by atoms with Crippen molar-refractivity contribution >= 4 is 11.6 Å². The highest BCUT2D eigenvalue weighted by molar-refractivity contribution is 5.97. The standard InChI is InChI=1S/C26H37FN4O2/c1-6-28-11-13-29(14-12-28)24-20(4)25(26(32)30-15-18(2)33-19(3)16-30)31(21(24)5)17-22-9-7-8-10-23(22)27/h7-10,18-19H,6,11-17H2,1-5H3. The van der Waals surface area contributed by atoms with Crippen LogP contribution >= 0.6 is 0 Å². The number of ether oxygens (including phenoxy) is 1. The third-order valence-electron chi connectivity index (χ3n) is 7.06. The van der Waals surface area contributed by atoms with Gasteiger partial charge in [0.05, 0.1) is 24.4 Å². The summed E-state index contributed by atoms with van der Waals surface area (Å²) in [5.41, 5.74) is 4.41. The Kier molecular flexibility index (Phi) is 7.10. The monoisotopic (exact) mass is 456 g/mol. The molecule has 4 rings (SSSR count). The van der Waals surface area contributed by atoms with Crippen molar-refractivity contribution in [1.82, 2.24) is 14.4 Å². The highest BCUT2D eigenvalue weighted by Crippen LogP contribution is 2.34. The molecule has 2 aliphatic heterocycles. The second kappa shape index (κ2) is 9.85. The number of halogens is 1. The average molecular weight is 457 g/mol. The average Bonchev–Trinajstić information content (AvgIpc) is 3.03. The smallest absolute Gasteiger partial charge is 0.271 e. The van der Waals surface area contributed by atoms with Gasteiger partial charge in [-0.15, -0.1) is 0 Å². The summed E-state index contributed by atoms with van der Waals surface area (Å²) in [6, 6.07) is 6.84. The van der Waals surface area contributed by atoms with E-state index >= 15 is 0 Å². The van der Waals surface area contributed by atoms with Crippen LogP contribution in [0.2, 0.25) is 0 Å². The lowest BCUT2D eigenvalue weighted by Crippen LogP contribution is -2.48. The normalized spacial score (nSPS) is 22.1. The minimum absolute atomic E-state index is 0.00400. The van der Waals surface area contributed by atoms with E-state index in [0.717, 1.165) is 49.7 Å². The Morgan fingerprint density at radius 1 is 1.06 bits per heavy atom. The van der Waals surface area contributed by atoms with Gasteiger partial charge in [0.25, 0.3) is 5.91 Å². The molecule has 2 fully saturated rings. The second-order valence-electron chi connectivity index (χ2n) is 9.47. The molecular weight excluding hydrogens is 419 g/mol. The predicted octanol–water partition coefficient (Wildman–Crippen LogP) is 3.68. The molecule has 0 radical (unpaired) electrons. The fraction of sp³-hybridized carbons (Fsp3) is 0.577. The van der Waals surface area contributed by atoms with Crippen molar-refractivity contribution in [1.29, 1.82) is 0 Å². The molecule has 3 heterocycles. The van der Waals surface area contributed by atoms with Crippen LogP contribution in [0.3, 0.4) is 0 Å². The van der Waals surface area contributed by atoms with E-state index in [2.05, 4.69) is 23.6 Å². The van der Waals surface area contributed by atoms with Crippen LogP contribution in [0.4, 0.5) is 10.1 Å². The van der Waals surface area contributed by atoms with Crippen molar-refractivity contribution in [2.45, 2.75) is 53.4 Å². The second-order valence-corrected chi connectivity index (χ2v) is 9.47. The number of amides is 1. The third-order valence-corrected chi connectivity index (χ3v) is 7.06. The minimum atomic E-state index is -0.242. The molecule has 0 N–H and O–H groups in total. The maximum Gasteiger partial charge on any atom is 0.271 e. The summed E-state index contributed by atoms with van der Waals surface area (Å²) in [7, 11) is 0. The van der Waals surface area contributed by atoms with Gasteiger partial charge in [-0.3, -0.25) is 4.79 Å². The molecule has 2 atom stereocenters. The SMILES string of the molecule is CCN1CCN(c2c(C)c(C(=O)N3CC(C)OC(C)C3)n(Cc3ccccc3F)c2C)CC1. The maximum absolute atomic E-state index is 14.6. The fourth-order valence-corrected chi connectivity index (χ4v) is 5.40. The number of carbonyl (C=O) groups is 1. The van der Waals surface area contributed by atoms with Gasteiger partial charge in [0.1, 0.15) is 11.5 Å². The van der Waals surface area contributed by atoms with Crippen molar-refractivity contribution in [2.24, 2.45) is 0 Å². The van der Waals surface area contributed by atoms with Crippen LogP contribution in [0.5, 0.6) is 0 Å². The number of carbonyl (C=O) groups excluding carboxylic acids is 1. The van der Waals surface area contributed by atoms with Crippen molar-refractivity contribution in [2.75, 3.05) is 50.7 Å². The molecule has 2 unspecified atom stereocenters. The van der Waals surface area contributed by atoms with E-state index in [1.165, 1.54) is 6.07 Å². The van der Waals surface area contributed by atoms with Gasteiger partial charge in [-0.1, -0.05) is 25.1 Å². The summed E-state index contributed by atoms with van der Waals surface area (Å²) in [6.07, 6.45) is -0.00801. The largest absolute Gasteiger partial charge is 0.372 e. The van der Waals surface area contributed by atoms with Crippen LogP contribution in [0.15, 0.2) is 24.3 Å². The Labute approximate surface area is 196 Å². The lowest BCUT2D eigenvalue weighted by Gasteiger charge is -2.36. The Morgan fingerprint density at radius 3 is 2.30 bits per heavy atom. The Bertz CT molecular complexity index is 986. The molecule has 2 aromatic rings. The van der Waals surface area contributed by atoms with Crippen LogP contribution in [0, 0.1) is 19.7 Å². The van der Waals surface area contributed by atoms with Crippen molar-refractivity contribution < 1.29 is 13.9 Å². The van der Waals surface area contributed by atoms with Gasteiger partial charge in [-0.2, -0.15) is 0 Å². The van der Waals surface area contributed by atoms with E-state index in [9.17, 15) is 9.18 Å². The highest BCUT2D eigenvalue weighted by atomic mass is 19.1. The summed E-state index contributed by atoms with van der Waals surface area (Å²) in [6.45, 7) is 16.7. The molecular formula is C26H37FN4O2. The van der Waals surface area contributed by atoms with Crippen LogP contribution in [0.1, 0.15) is 48.1 Å². The summed E-state index contributed by atoms with van der Waals surface area (Å²) in [5.74, 6) is -0.235. The first-order valence-electron chi connectivity index (χ1n) is 12.1. The number of benzene rings is 1. The van der Waals surface area contributed by atoms with E-state index in [0.29, 0.717) is 30.9 Å². The van der Waals surface area contributed by atoms with Gasteiger partial charge in [-0.25, -0.2) is 4.39 Å². The fourth-order valence-electron chi connectivity index (χ4n) is 5.40. The Hall–Kier alpha value is -2.38. The molecule has 6 nitrogen and oxygen atoms in total. The number of rotatable bonds is 5. The van der Waals surface area contributed by atoms with Gasteiger partial charge >= 0.3 is 0 Å². The first-order valence-corrected chi connectivity index (χ1v) is 12.1. The maximum atomic E-state index is 14.6. The van der Waals surface area contributed by atoms with Crippen LogP contribution < -0.4 is 4.90 Å².